The van der Waals surface area contributed by atoms with Crippen LogP contribution in [0.3, 0.4) is 0 Å². The quantitative estimate of drug-likeness (QED) is 0.729. The first kappa shape index (κ1) is 20.8. The van der Waals surface area contributed by atoms with Crippen LogP contribution in [0.5, 0.6) is 0 Å². The molecule has 4 rings (SSSR count). The normalized spacial score (nSPS) is 29.4. The summed E-state index contributed by atoms with van der Waals surface area (Å²) in [6.45, 7) is 3.11. The van der Waals surface area contributed by atoms with Gasteiger partial charge in [-0.3, -0.25) is 9.69 Å². The van der Waals surface area contributed by atoms with Crippen molar-refractivity contribution in [3.05, 3.63) is 35.9 Å². The van der Waals surface area contributed by atoms with E-state index in [4.69, 9.17) is 18.9 Å². The molecule has 3 aliphatic rings. The van der Waals surface area contributed by atoms with Crippen molar-refractivity contribution in [2.75, 3.05) is 40.6 Å². The molecule has 4 atom stereocenters. The molecular weight excluding hydrogens is 362 g/mol. The number of esters is 2. The van der Waals surface area contributed by atoms with Gasteiger partial charge in [-0.05, 0) is 32.0 Å². The van der Waals surface area contributed by atoms with E-state index < -0.39 is 12.0 Å². The third kappa shape index (κ3) is 4.90. The number of rotatable bonds is 3. The smallest absolute Gasteiger partial charge is 0.338 e. The third-order valence-corrected chi connectivity index (χ3v) is 5.70. The van der Waals surface area contributed by atoms with E-state index in [9.17, 15) is 9.59 Å². The summed E-state index contributed by atoms with van der Waals surface area (Å²) in [5, 5.41) is 0. The number of methoxy groups -OCH3 is 1. The average molecular weight is 391 g/mol. The lowest BCUT2D eigenvalue weighted by molar-refractivity contribution is -0.156. The van der Waals surface area contributed by atoms with Gasteiger partial charge in [0.2, 0.25) is 0 Å². The zero-order valence-electron chi connectivity index (χ0n) is 16.5. The van der Waals surface area contributed by atoms with Gasteiger partial charge in [0.15, 0.2) is 0 Å². The molecule has 28 heavy (non-hydrogen) atoms. The van der Waals surface area contributed by atoms with Crippen LogP contribution in [0.1, 0.15) is 29.6 Å². The maximum absolute atomic E-state index is 12.3. The molecule has 0 radical (unpaired) electrons. The summed E-state index contributed by atoms with van der Waals surface area (Å²) in [6.07, 6.45) is 2.26. The molecule has 2 bridgehead atoms. The Labute approximate surface area is 165 Å². The van der Waals surface area contributed by atoms with Crippen molar-refractivity contribution < 1.29 is 28.5 Å². The van der Waals surface area contributed by atoms with Gasteiger partial charge < -0.3 is 18.9 Å². The Hall–Kier alpha value is -1.96. The monoisotopic (exact) mass is 391 g/mol. The number of piperidine rings is 1. The van der Waals surface area contributed by atoms with Gasteiger partial charge in [0, 0.05) is 18.5 Å². The van der Waals surface area contributed by atoms with Crippen molar-refractivity contribution >= 4 is 11.9 Å². The molecule has 1 aromatic carbocycles. The summed E-state index contributed by atoms with van der Waals surface area (Å²) in [7, 11) is 3.42. The average Bonchev–Trinajstić information content (AvgIpc) is 2.99. The van der Waals surface area contributed by atoms with Crippen molar-refractivity contribution in [3.8, 4) is 0 Å². The van der Waals surface area contributed by atoms with Crippen LogP contribution in [0, 0.1) is 5.92 Å². The molecule has 1 aromatic rings. The Morgan fingerprint density at radius 2 is 1.68 bits per heavy atom. The van der Waals surface area contributed by atoms with Gasteiger partial charge in [-0.1, -0.05) is 18.2 Å². The number of fused-ring (bicyclic) bond motifs is 2. The van der Waals surface area contributed by atoms with Crippen molar-refractivity contribution in [2.45, 2.75) is 37.5 Å². The topological polar surface area (TPSA) is 74.3 Å². The predicted molar refractivity (Wildman–Crippen MR) is 102 cm³/mol. The summed E-state index contributed by atoms with van der Waals surface area (Å²) in [5.41, 5.74) is 0.511. The second kappa shape index (κ2) is 10.0. The second-order valence-electron chi connectivity index (χ2n) is 7.28. The fourth-order valence-electron chi connectivity index (χ4n) is 4.21. The molecule has 0 aliphatic carbocycles. The van der Waals surface area contributed by atoms with Crippen LogP contribution in [0.15, 0.2) is 30.3 Å². The van der Waals surface area contributed by atoms with Gasteiger partial charge >= 0.3 is 11.9 Å². The summed E-state index contributed by atoms with van der Waals surface area (Å²) >= 11 is 0. The minimum absolute atomic E-state index is 0.0970. The molecule has 3 heterocycles. The lowest BCUT2D eigenvalue weighted by Crippen LogP contribution is -2.53. The fraction of sp³-hybridized carbons (Fsp3) is 0.619. The van der Waals surface area contributed by atoms with E-state index in [1.165, 1.54) is 7.11 Å². The lowest BCUT2D eigenvalue weighted by atomic mass is 9.87. The Morgan fingerprint density at radius 1 is 1.04 bits per heavy atom. The highest BCUT2D eigenvalue weighted by Gasteiger charge is 2.50. The maximum atomic E-state index is 12.3. The van der Waals surface area contributed by atoms with Gasteiger partial charge in [-0.15, -0.1) is 0 Å². The summed E-state index contributed by atoms with van der Waals surface area (Å²) in [5.74, 6) is -1.06. The number of carbonyl (C=O) groups excluding carboxylic acids is 2. The van der Waals surface area contributed by atoms with Crippen LogP contribution in [0.4, 0.5) is 0 Å². The van der Waals surface area contributed by atoms with Crippen LogP contribution >= 0.6 is 0 Å². The van der Waals surface area contributed by atoms with Crippen molar-refractivity contribution in [3.63, 3.8) is 0 Å². The van der Waals surface area contributed by atoms with Crippen molar-refractivity contribution in [1.82, 2.24) is 4.90 Å². The lowest BCUT2D eigenvalue weighted by Gasteiger charge is -2.40. The van der Waals surface area contributed by atoms with Gasteiger partial charge in [-0.2, -0.15) is 0 Å². The van der Waals surface area contributed by atoms with E-state index in [2.05, 4.69) is 4.90 Å². The standard InChI is InChI=1S/C17H21NO4.C4H8O2/c1-18-12-8-9-13(18)15(17(20)21-2)14(10-12)22-16(19)11-6-4-3-5-7-11;1-2-6-4-3-5-1/h3-7,12-15H,8-10H2,1-2H3;1-4H2/t12-,13+,14-,15+;/m0./s1. The van der Waals surface area contributed by atoms with Gasteiger partial charge in [-0.25, -0.2) is 4.79 Å². The Morgan fingerprint density at radius 3 is 2.25 bits per heavy atom. The first-order valence-corrected chi connectivity index (χ1v) is 9.83. The van der Waals surface area contributed by atoms with Crippen LogP contribution in [-0.2, 0) is 23.7 Å². The molecule has 3 saturated heterocycles. The highest BCUT2D eigenvalue weighted by atomic mass is 16.6. The molecule has 0 N–H and O–H groups in total. The molecule has 154 valence electrons. The zero-order chi connectivity index (χ0) is 19.9. The third-order valence-electron chi connectivity index (χ3n) is 5.70. The number of hydrogen-bond donors (Lipinski definition) is 0. The molecule has 7 nitrogen and oxygen atoms in total. The first-order valence-electron chi connectivity index (χ1n) is 9.83. The van der Waals surface area contributed by atoms with Gasteiger partial charge in [0.1, 0.15) is 12.0 Å². The summed E-state index contributed by atoms with van der Waals surface area (Å²) in [6, 6.07) is 9.36. The second-order valence-corrected chi connectivity index (χ2v) is 7.28. The van der Waals surface area contributed by atoms with E-state index in [0.717, 1.165) is 39.3 Å². The predicted octanol–water partition coefficient (Wildman–Crippen LogP) is 1.90. The van der Waals surface area contributed by atoms with E-state index in [-0.39, 0.29) is 18.0 Å². The minimum Gasteiger partial charge on any atom is -0.469 e. The molecule has 3 fully saturated rings. The van der Waals surface area contributed by atoms with E-state index >= 15 is 0 Å². The zero-order valence-corrected chi connectivity index (χ0v) is 16.5. The Bertz CT molecular complexity index is 636. The van der Waals surface area contributed by atoms with E-state index in [0.29, 0.717) is 18.0 Å². The molecule has 3 aliphatic heterocycles. The number of ether oxygens (including phenoxy) is 4. The fourth-order valence-corrected chi connectivity index (χ4v) is 4.21. The maximum Gasteiger partial charge on any atom is 0.338 e. The highest BCUT2D eigenvalue weighted by Crippen LogP contribution is 2.40. The van der Waals surface area contributed by atoms with Crippen LogP contribution < -0.4 is 0 Å². The van der Waals surface area contributed by atoms with Gasteiger partial charge in [0.25, 0.3) is 0 Å². The van der Waals surface area contributed by atoms with Crippen molar-refractivity contribution in [2.24, 2.45) is 5.92 Å². The molecule has 0 spiro atoms. The van der Waals surface area contributed by atoms with Crippen molar-refractivity contribution in [1.29, 1.82) is 0 Å². The number of benzene rings is 1. The largest absolute Gasteiger partial charge is 0.469 e. The number of hydrogen-bond acceptors (Lipinski definition) is 7. The Balaban J connectivity index is 0.000000320. The molecular formula is C21H29NO6. The first-order chi connectivity index (χ1) is 13.6. The van der Waals surface area contributed by atoms with Crippen LogP contribution in [0.2, 0.25) is 0 Å². The van der Waals surface area contributed by atoms with Crippen LogP contribution in [-0.4, -0.2) is 75.6 Å². The Kier molecular flexibility index (Phi) is 7.42. The summed E-state index contributed by atoms with van der Waals surface area (Å²) in [4.78, 5) is 26.7. The molecule has 0 aromatic heterocycles. The molecule has 0 amide bonds. The highest BCUT2D eigenvalue weighted by molar-refractivity contribution is 5.89. The summed E-state index contributed by atoms with van der Waals surface area (Å²) < 4.78 is 20.5. The van der Waals surface area contributed by atoms with Gasteiger partial charge in [0.05, 0.1) is 39.1 Å². The van der Waals surface area contributed by atoms with E-state index in [1.807, 2.05) is 13.1 Å². The SMILES string of the molecule is C1COCCO1.COC(=O)[C@H]1[C@@H](OC(=O)c2ccccc2)C[C@@H]2CC[C@H]1N2C. The molecule has 0 unspecified atom stereocenters. The molecule has 0 saturated carbocycles. The van der Waals surface area contributed by atoms with Crippen LogP contribution in [0.25, 0.3) is 0 Å². The molecule has 7 heteroatoms. The minimum atomic E-state index is -0.408. The van der Waals surface area contributed by atoms with E-state index in [1.54, 1.807) is 24.3 Å². The number of nitrogens with zero attached hydrogens (tertiary/aromatic N) is 1. The number of carbonyl (C=O) groups is 2.